The molecule has 0 aliphatic rings. The molecule has 0 heterocycles. The first-order chi connectivity index (χ1) is 11.5. The van der Waals surface area contributed by atoms with Gasteiger partial charge < -0.3 is 15.2 Å². The molecule has 124 valence electrons. The number of hydrogen-bond donors (Lipinski definition) is 2. The lowest BCUT2D eigenvalue weighted by atomic mass is 10.0. The van der Waals surface area contributed by atoms with Crippen LogP contribution < -0.4 is 5.32 Å². The molecule has 1 amide bonds. The van der Waals surface area contributed by atoms with E-state index in [-0.39, 0.29) is 23.3 Å². The second-order valence-electron chi connectivity index (χ2n) is 5.13. The molecule has 2 aromatic carbocycles. The second kappa shape index (κ2) is 7.92. The molecule has 24 heavy (non-hydrogen) atoms. The standard InChI is InChI=1S/C18H17NO5/c1-24-18(23)15(9-12-5-3-2-4-6-12)19-17(22)13-7-8-16(21)14(10-13)11-20/h2-8,10-11,15,21H,9H2,1H3,(H,19,22). The van der Waals surface area contributed by atoms with E-state index in [1.54, 1.807) is 0 Å². The molecule has 2 N–H and O–H groups in total. The zero-order chi connectivity index (χ0) is 17.5. The zero-order valence-electron chi connectivity index (χ0n) is 13.1. The highest BCUT2D eigenvalue weighted by Crippen LogP contribution is 2.16. The van der Waals surface area contributed by atoms with Crippen LogP contribution in [0.25, 0.3) is 0 Å². The van der Waals surface area contributed by atoms with E-state index in [4.69, 9.17) is 4.74 Å². The summed E-state index contributed by atoms with van der Waals surface area (Å²) in [5, 5.41) is 12.1. The number of nitrogens with one attached hydrogen (secondary N) is 1. The average Bonchev–Trinajstić information content (AvgIpc) is 2.61. The van der Waals surface area contributed by atoms with Gasteiger partial charge in [-0.1, -0.05) is 30.3 Å². The van der Waals surface area contributed by atoms with Crippen molar-refractivity contribution in [1.29, 1.82) is 0 Å². The number of esters is 1. The normalized spacial score (nSPS) is 11.4. The third kappa shape index (κ3) is 4.19. The van der Waals surface area contributed by atoms with Gasteiger partial charge in [-0.25, -0.2) is 4.79 Å². The molecule has 0 fully saturated rings. The fourth-order valence-electron chi connectivity index (χ4n) is 2.22. The number of ether oxygens (including phenoxy) is 1. The minimum atomic E-state index is -0.863. The van der Waals surface area contributed by atoms with E-state index in [2.05, 4.69) is 5.32 Å². The first-order valence-corrected chi connectivity index (χ1v) is 7.26. The van der Waals surface area contributed by atoms with Crippen LogP contribution in [0.5, 0.6) is 5.75 Å². The fourth-order valence-corrected chi connectivity index (χ4v) is 2.22. The van der Waals surface area contributed by atoms with Crippen LogP contribution in [0, 0.1) is 0 Å². The van der Waals surface area contributed by atoms with Crippen molar-refractivity contribution in [3.05, 3.63) is 65.2 Å². The average molecular weight is 327 g/mol. The summed E-state index contributed by atoms with van der Waals surface area (Å²) in [4.78, 5) is 35.1. The lowest BCUT2D eigenvalue weighted by Gasteiger charge is -2.17. The summed E-state index contributed by atoms with van der Waals surface area (Å²) in [7, 11) is 1.25. The number of phenols is 1. The Hall–Kier alpha value is -3.15. The van der Waals surface area contributed by atoms with Crippen LogP contribution in [-0.4, -0.2) is 36.4 Å². The van der Waals surface area contributed by atoms with Crippen molar-refractivity contribution in [1.82, 2.24) is 5.32 Å². The Morgan fingerprint density at radius 3 is 2.54 bits per heavy atom. The molecule has 6 nitrogen and oxygen atoms in total. The van der Waals surface area contributed by atoms with Gasteiger partial charge in [0.25, 0.3) is 5.91 Å². The minimum absolute atomic E-state index is 0.000303. The molecule has 0 bridgehead atoms. The monoisotopic (exact) mass is 327 g/mol. The molecule has 0 saturated carbocycles. The van der Waals surface area contributed by atoms with Crippen molar-refractivity contribution in [2.24, 2.45) is 0 Å². The molecule has 0 spiro atoms. The van der Waals surface area contributed by atoms with Gasteiger partial charge >= 0.3 is 5.97 Å². The number of phenolic OH excluding ortho intramolecular Hbond substituents is 1. The molecule has 1 atom stereocenters. The molecule has 0 saturated heterocycles. The van der Waals surface area contributed by atoms with Crippen molar-refractivity contribution < 1.29 is 24.2 Å². The highest BCUT2D eigenvalue weighted by atomic mass is 16.5. The van der Waals surface area contributed by atoms with Crippen LogP contribution >= 0.6 is 0 Å². The van der Waals surface area contributed by atoms with Crippen molar-refractivity contribution >= 4 is 18.2 Å². The van der Waals surface area contributed by atoms with E-state index in [9.17, 15) is 19.5 Å². The summed E-state index contributed by atoms with van der Waals surface area (Å²) in [5.41, 5.74) is 1.03. The van der Waals surface area contributed by atoms with Crippen molar-refractivity contribution in [2.45, 2.75) is 12.5 Å². The molecule has 0 aliphatic carbocycles. The van der Waals surface area contributed by atoms with Crippen LogP contribution in [0.2, 0.25) is 0 Å². The van der Waals surface area contributed by atoms with Crippen molar-refractivity contribution in [2.75, 3.05) is 7.11 Å². The highest BCUT2D eigenvalue weighted by Gasteiger charge is 2.23. The lowest BCUT2D eigenvalue weighted by molar-refractivity contribution is -0.142. The number of carbonyl (C=O) groups excluding carboxylic acids is 3. The SMILES string of the molecule is COC(=O)C(Cc1ccccc1)NC(=O)c1ccc(O)c(C=O)c1. The van der Waals surface area contributed by atoms with Gasteiger partial charge in [-0.2, -0.15) is 0 Å². The fraction of sp³-hybridized carbons (Fsp3) is 0.167. The van der Waals surface area contributed by atoms with Gasteiger partial charge in [0, 0.05) is 12.0 Å². The van der Waals surface area contributed by atoms with Gasteiger partial charge in [0.1, 0.15) is 11.8 Å². The molecule has 2 aromatic rings. The summed E-state index contributed by atoms with van der Waals surface area (Å²) in [6.07, 6.45) is 0.728. The number of hydrogen-bond acceptors (Lipinski definition) is 5. The number of benzene rings is 2. The van der Waals surface area contributed by atoms with E-state index in [1.165, 1.54) is 25.3 Å². The number of amides is 1. The van der Waals surface area contributed by atoms with E-state index in [1.807, 2.05) is 30.3 Å². The maximum absolute atomic E-state index is 12.3. The second-order valence-corrected chi connectivity index (χ2v) is 5.13. The van der Waals surface area contributed by atoms with Gasteiger partial charge in [0.15, 0.2) is 6.29 Å². The van der Waals surface area contributed by atoms with Gasteiger partial charge in [-0.3, -0.25) is 9.59 Å². The Kier molecular flexibility index (Phi) is 5.68. The highest BCUT2D eigenvalue weighted by molar-refractivity contribution is 5.98. The van der Waals surface area contributed by atoms with E-state index in [0.717, 1.165) is 5.56 Å². The summed E-state index contributed by atoms with van der Waals surface area (Å²) < 4.78 is 4.74. The number of rotatable bonds is 6. The Labute approximate surface area is 139 Å². The molecule has 1 unspecified atom stereocenters. The Morgan fingerprint density at radius 2 is 1.92 bits per heavy atom. The van der Waals surface area contributed by atoms with Crippen LogP contribution in [-0.2, 0) is 16.0 Å². The van der Waals surface area contributed by atoms with Gasteiger partial charge in [-0.05, 0) is 23.8 Å². The molecular weight excluding hydrogens is 310 g/mol. The molecule has 0 radical (unpaired) electrons. The van der Waals surface area contributed by atoms with Crippen LogP contribution in [0.15, 0.2) is 48.5 Å². The Morgan fingerprint density at radius 1 is 1.21 bits per heavy atom. The predicted octanol–water partition coefficient (Wildman–Crippen LogP) is 1.72. The maximum atomic E-state index is 12.3. The third-order valence-electron chi connectivity index (χ3n) is 3.49. The first kappa shape index (κ1) is 17.2. The van der Waals surface area contributed by atoms with Crippen LogP contribution in [0.3, 0.4) is 0 Å². The summed E-state index contributed by atoms with van der Waals surface area (Å²) in [5.74, 6) is -1.32. The van der Waals surface area contributed by atoms with Gasteiger partial charge in [0.2, 0.25) is 0 Å². The predicted molar refractivity (Wildman–Crippen MR) is 86.9 cm³/mol. The lowest BCUT2D eigenvalue weighted by Crippen LogP contribution is -2.43. The zero-order valence-corrected chi connectivity index (χ0v) is 13.1. The number of carbonyl (C=O) groups is 3. The molecule has 2 rings (SSSR count). The van der Waals surface area contributed by atoms with Crippen LogP contribution in [0.1, 0.15) is 26.3 Å². The molecule has 0 aliphatic heterocycles. The number of aldehydes is 1. The van der Waals surface area contributed by atoms with Gasteiger partial charge in [0.05, 0.1) is 12.7 Å². The third-order valence-corrected chi connectivity index (χ3v) is 3.49. The largest absolute Gasteiger partial charge is 0.507 e. The van der Waals surface area contributed by atoms with E-state index < -0.39 is 17.9 Å². The number of aromatic hydroxyl groups is 1. The summed E-state index contributed by atoms with van der Waals surface area (Å²) in [6.45, 7) is 0. The quantitative estimate of drug-likeness (QED) is 0.622. The van der Waals surface area contributed by atoms with Crippen LogP contribution in [0.4, 0.5) is 0 Å². The van der Waals surface area contributed by atoms with Gasteiger partial charge in [-0.15, -0.1) is 0 Å². The topological polar surface area (TPSA) is 92.7 Å². The van der Waals surface area contributed by atoms with Crippen molar-refractivity contribution in [3.63, 3.8) is 0 Å². The first-order valence-electron chi connectivity index (χ1n) is 7.26. The van der Waals surface area contributed by atoms with E-state index in [0.29, 0.717) is 6.29 Å². The smallest absolute Gasteiger partial charge is 0.328 e. The van der Waals surface area contributed by atoms with Crippen molar-refractivity contribution in [3.8, 4) is 5.75 Å². The molecule has 0 aromatic heterocycles. The summed E-state index contributed by atoms with van der Waals surface area (Å²) >= 11 is 0. The number of methoxy groups -OCH3 is 1. The molecule has 6 heteroatoms. The Bertz CT molecular complexity index is 742. The maximum Gasteiger partial charge on any atom is 0.328 e. The Balaban J connectivity index is 2.18. The van der Waals surface area contributed by atoms with E-state index >= 15 is 0 Å². The summed E-state index contributed by atoms with van der Waals surface area (Å²) in [6, 6.07) is 12.2. The molecular formula is C18H17NO5. The minimum Gasteiger partial charge on any atom is -0.507 e.